The minimum atomic E-state index is 0.276. The average molecular weight is 459 g/mol. The Balaban J connectivity index is 2.02. The molecule has 0 atom stereocenters. The minimum absolute atomic E-state index is 0.276. The lowest BCUT2D eigenvalue weighted by Gasteiger charge is -2.19. The van der Waals surface area contributed by atoms with Gasteiger partial charge in [0.1, 0.15) is 0 Å². The number of fused-ring (bicyclic) bond motifs is 1. The lowest BCUT2D eigenvalue weighted by atomic mass is 9.90. The Morgan fingerprint density at radius 2 is 0.853 bits per heavy atom. The van der Waals surface area contributed by atoms with Crippen LogP contribution in [0.25, 0.3) is 0 Å². The van der Waals surface area contributed by atoms with E-state index in [0.29, 0.717) is 23.7 Å². The topological polar surface area (TPSA) is 6.02 Å². The molecule has 2 aromatic carbocycles. The van der Waals surface area contributed by atoms with Crippen LogP contribution in [0, 0.1) is 0 Å². The summed E-state index contributed by atoms with van der Waals surface area (Å²) in [6.45, 7) is 21.2. The van der Waals surface area contributed by atoms with Crippen molar-refractivity contribution in [2.75, 3.05) is 0 Å². The Hall–Kier alpha value is -2.22. The summed E-state index contributed by atoms with van der Waals surface area (Å²) < 4.78 is 5.50. The number of para-hydroxylation sites is 2. The zero-order valence-corrected chi connectivity index (χ0v) is 23.1. The molecule has 0 bridgehead atoms. The zero-order chi connectivity index (χ0) is 24.7. The third-order valence-corrected chi connectivity index (χ3v) is 7.91. The van der Waals surface area contributed by atoms with Gasteiger partial charge in [0.25, 0.3) is 11.4 Å². The molecule has 2 aliphatic rings. The summed E-state index contributed by atoms with van der Waals surface area (Å²) in [5, 5.41) is 0. The fraction of sp³-hybridized carbons (Fsp3) is 0.562. The summed E-state index contributed by atoms with van der Waals surface area (Å²) in [6, 6.07) is 14.0. The van der Waals surface area contributed by atoms with E-state index in [-0.39, 0.29) is 6.17 Å². The van der Waals surface area contributed by atoms with E-state index in [1.165, 1.54) is 59.3 Å². The second kappa shape index (κ2) is 9.80. The predicted octanol–water partition coefficient (Wildman–Crippen LogP) is 8.98. The molecular weight excluding hydrogens is 412 g/mol. The van der Waals surface area contributed by atoms with Crippen molar-refractivity contribution in [3.05, 3.63) is 58.7 Å². The number of hydrogen-bond donors (Lipinski definition) is 0. The van der Waals surface area contributed by atoms with E-state index in [2.05, 4.69) is 108 Å². The molecule has 1 saturated carbocycles. The maximum atomic E-state index is 2.75. The quantitative estimate of drug-likeness (QED) is 0.381. The van der Waals surface area contributed by atoms with Crippen LogP contribution < -0.4 is 0 Å². The highest BCUT2D eigenvalue weighted by Gasteiger charge is 2.50. The molecule has 1 aliphatic heterocycles. The van der Waals surface area contributed by atoms with Gasteiger partial charge in [0.2, 0.25) is 11.4 Å². The number of nitrogens with zero attached hydrogens (tertiary/aromatic N) is 2. The molecule has 34 heavy (non-hydrogen) atoms. The number of benzene rings is 2. The maximum Gasteiger partial charge on any atom is 0.351 e. The zero-order valence-electron chi connectivity index (χ0n) is 23.1. The summed E-state index contributed by atoms with van der Waals surface area (Å²) in [4.78, 5) is 0. The van der Waals surface area contributed by atoms with Crippen LogP contribution in [0.15, 0.2) is 36.4 Å². The molecule has 0 saturated heterocycles. The Labute approximate surface area is 208 Å². The van der Waals surface area contributed by atoms with Gasteiger partial charge in [-0.25, -0.2) is 0 Å². The van der Waals surface area contributed by atoms with Crippen molar-refractivity contribution in [3.8, 4) is 0 Å². The lowest BCUT2D eigenvalue weighted by Crippen LogP contribution is -2.28. The lowest BCUT2D eigenvalue weighted by molar-refractivity contribution is -0.689. The molecule has 1 fully saturated rings. The van der Waals surface area contributed by atoms with Crippen molar-refractivity contribution in [3.63, 3.8) is 0 Å². The van der Waals surface area contributed by atoms with Crippen molar-refractivity contribution in [1.82, 2.24) is 0 Å². The number of hydrogen-bond acceptors (Lipinski definition) is 0. The first-order valence-electron chi connectivity index (χ1n) is 13.7. The van der Waals surface area contributed by atoms with E-state index in [1.54, 1.807) is 11.4 Å². The molecule has 0 unspecified atom stereocenters. The molecule has 1 aliphatic carbocycles. The van der Waals surface area contributed by atoms with Gasteiger partial charge in [0.15, 0.2) is 0 Å². The summed E-state index contributed by atoms with van der Waals surface area (Å²) >= 11 is 0. The fourth-order valence-electron chi connectivity index (χ4n) is 6.18. The molecule has 0 N–H and O–H groups in total. The second-order valence-electron chi connectivity index (χ2n) is 11.7. The largest absolute Gasteiger partial charge is 0.351 e. The third-order valence-electron chi connectivity index (χ3n) is 7.91. The van der Waals surface area contributed by atoms with Gasteiger partial charge in [-0.2, -0.15) is 0 Å². The summed E-state index contributed by atoms with van der Waals surface area (Å²) in [5.74, 6) is 1.99. The van der Waals surface area contributed by atoms with E-state index in [1.807, 2.05) is 0 Å². The van der Waals surface area contributed by atoms with Gasteiger partial charge >= 0.3 is 6.17 Å². The Morgan fingerprint density at radius 1 is 0.559 bits per heavy atom. The molecule has 2 nitrogen and oxygen atoms in total. The molecule has 0 aromatic heterocycles. The van der Waals surface area contributed by atoms with Gasteiger partial charge in [-0.3, -0.25) is 0 Å². The molecule has 0 spiro atoms. The third kappa shape index (κ3) is 4.18. The van der Waals surface area contributed by atoms with Gasteiger partial charge < -0.3 is 0 Å². The molecule has 0 radical (unpaired) electrons. The van der Waals surface area contributed by atoms with Crippen LogP contribution in [0.2, 0.25) is 0 Å². The van der Waals surface area contributed by atoms with Gasteiger partial charge in [0, 0.05) is 35.1 Å². The molecular formula is C32H46N2+2. The maximum absolute atomic E-state index is 2.75. The van der Waals surface area contributed by atoms with E-state index in [4.69, 9.17) is 0 Å². The van der Waals surface area contributed by atoms with Crippen molar-refractivity contribution < 1.29 is 9.15 Å². The van der Waals surface area contributed by atoms with Crippen molar-refractivity contribution in [1.29, 1.82) is 0 Å². The minimum Gasteiger partial charge on any atom is -0.128 e. The van der Waals surface area contributed by atoms with Crippen LogP contribution in [-0.2, 0) is 0 Å². The van der Waals surface area contributed by atoms with Crippen LogP contribution in [0.3, 0.4) is 0 Å². The van der Waals surface area contributed by atoms with Crippen LogP contribution in [-0.4, -0.2) is 26.7 Å². The normalized spacial score (nSPS) is 17.2. The highest BCUT2D eigenvalue weighted by molar-refractivity contribution is 6.39. The number of rotatable bonds is 6. The Bertz CT molecular complexity index is 986. The van der Waals surface area contributed by atoms with E-state index in [9.17, 15) is 0 Å². The van der Waals surface area contributed by atoms with Crippen LogP contribution in [0.4, 0.5) is 11.4 Å². The summed E-state index contributed by atoms with van der Waals surface area (Å²) in [5.41, 5.74) is 12.0. The predicted molar refractivity (Wildman–Crippen MR) is 147 cm³/mol. The first-order valence-corrected chi connectivity index (χ1v) is 13.7. The Kier molecular flexibility index (Phi) is 7.17. The molecule has 2 aromatic rings. The van der Waals surface area contributed by atoms with Gasteiger partial charge in [0.05, 0.1) is 6.92 Å². The van der Waals surface area contributed by atoms with Crippen LogP contribution in [0.5, 0.6) is 0 Å². The smallest absolute Gasteiger partial charge is 0.128 e. The Morgan fingerprint density at radius 3 is 1.12 bits per heavy atom. The summed E-state index contributed by atoms with van der Waals surface area (Å²) in [6.07, 6.45) is 5.22. The van der Waals surface area contributed by atoms with Gasteiger partial charge in [-0.15, -0.1) is 9.15 Å². The molecule has 1 heterocycles. The first-order chi connectivity index (χ1) is 16.1. The van der Waals surface area contributed by atoms with Crippen LogP contribution >= 0.6 is 0 Å². The van der Waals surface area contributed by atoms with Gasteiger partial charge in [-0.1, -0.05) is 91.8 Å². The van der Waals surface area contributed by atoms with E-state index < -0.39 is 0 Å². The van der Waals surface area contributed by atoms with Crippen LogP contribution in [0.1, 0.15) is 134 Å². The molecule has 4 rings (SSSR count). The molecule has 0 amide bonds. The summed E-state index contributed by atoms with van der Waals surface area (Å²) in [7, 11) is 0. The van der Waals surface area contributed by atoms with Crippen molar-refractivity contribution in [2.24, 2.45) is 0 Å². The molecule has 2 heteroatoms. The van der Waals surface area contributed by atoms with Crippen molar-refractivity contribution in [2.45, 2.75) is 118 Å². The van der Waals surface area contributed by atoms with E-state index >= 15 is 0 Å². The standard InChI is InChI=1S/C32H46N2/c1-20(2)25-14-12-15-26(21(3)4)31(25)33-24(9)34(30-19-11-10-18-29(30)33)32-27(22(5)6)16-13-17-28(32)23(7)8/h12-17,20-24H,10-11,18-19H2,1-9H3/q+2. The fourth-order valence-corrected chi connectivity index (χ4v) is 6.18. The van der Waals surface area contributed by atoms with E-state index in [0.717, 1.165) is 0 Å². The highest BCUT2D eigenvalue weighted by Crippen LogP contribution is 2.42. The average Bonchev–Trinajstić information content (AvgIpc) is 3.08. The molecule has 182 valence electrons. The first kappa shape index (κ1) is 24.9. The SMILES string of the molecule is CC(C)c1cccc(C(C)C)c1[N+]1=C2CCCCC2=[N+](c2c(C(C)C)cccc2C(C)C)C1C. The van der Waals surface area contributed by atoms with Gasteiger partial charge in [-0.05, 0) is 36.5 Å². The highest BCUT2D eigenvalue weighted by atomic mass is 15.3. The second-order valence-corrected chi connectivity index (χ2v) is 11.7. The van der Waals surface area contributed by atoms with Crippen molar-refractivity contribution >= 4 is 22.8 Å². The monoisotopic (exact) mass is 458 g/mol.